The smallest absolute Gasteiger partial charge is 0.388 e. The van der Waals surface area contributed by atoms with Crippen LogP contribution in [0.3, 0.4) is 0 Å². The van der Waals surface area contributed by atoms with Crippen molar-refractivity contribution in [3.8, 4) is 11.8 Å². The molecule has 78 valence electrons. The number of hydrogen-bond donors (Lipinski definition) is 1. The minimum atomic E-state index is -2.94. The Morgan fingerprint density at radius 3 is 2.79 bits per heavy atom. The van der Waals surface area contributed by atoms with Crippen LogP contribution in [-0.2, 0) is 0 Å². The van der Waals surface area contributed by atoms with Crippen LogP contribution in [0, 0.1) is 0 Å². The van der Waals surface area contributed by atoms with E-state index in [-0.39, 0.29) is 17.4 Å². The fourth-order valence-corrected chi connectivity index (χ4v) is 0.841. The van der Waals surface area contributed by atoms with Crippen molar-refractivity contribution in [3.05, 3.63) is 12.1 Å². The van der Waals surface area contributed by atoms with Crippen LogP contribution >= 0.6 is 0 Å². The molecule has 0 unspecified atom stereocenters. The highest BCUT2D eigenvalue weighted by molar-refractivity contribution is 5.49. The standard InChI is InChI=1S/C8H10F2N2O2/c1-2-13-6-4-3-5(11)7(12-6)14-8(9)10/h3-4,8H,2,11H2,1H3. The van der Waals surface area contributed by atoms with Crippen LogP contribution in [0.1, 0.15) is 6.92 Å². The van der Waals surface area contributed by atoms with Crippen molar-refractivity contribution in [1.29, 1.82) is 0 Å². The summed E-state index contributed by atoms with van der Waals surface area (Å²) in [4.78, 5) is 3.65. The first-order valence-corrected chi connectivity index (χ1v) is 3.97. The molecule has 0 saturated carbocycles. The second-order valence-electron chi connectivity index (χ2n) is 2.36. The van der Waals surface area contributed by atoms with E-state index in [1.807, 2.05) is 0 Å². The number of pyridine rings is 1. The monoisotopic (exact) mass is 204 g/mol. The van der Waals surface area contributed by atoms with Gasteiger partial charge in [0.05, 0.1) is 12.3 Å². The summed E-state index contributed by atoms with van der Waals surface area (Å²) in [6.45, 7) is -0.793. The van der Waals surface area contributed by atoms with E-state index in [4.69, 9.17) is 10.5 Å². The topological polar surface area (TPSA) is 57.4 Å². The number of rotatable bonds is 4. The largest absolute Gasteiger partial charge is 0.478 e. The van der Waals surface area contributed by atoms with Crippen molar-refractivity contribution in [2.75, 3.05) is 12.3 Å². The number of ether oxygens (including phenoxy) is 2. The van der Waals surface area contributed by atoms with E-state index < -0.39 is 6.61 Å². The normalized spacial score (nSPS) is 10.3. The molecule has 4 nitrogen and oxygen atoms in total. The first kappa shape index (κ1) is 10.5. The summed E-state index contributed by atoms with van der Waals surface area (Å²) in [6, 6.07) is 2.88. The van der Waals surface area contributed by atoms with Gasteiger partial charge >= 0.3 is 6.61 Å². The maximum atomic E-state index is 11.9. The molecule has 0 radical (unpaired) electrons. The molecule has 0 aliphatic carbocycles. The molecule has 0 aromatic carbocycles. The van der Waals surface area contributed by atoms with Gasteiger partial charge < -0.3 is 15.2 Å². The Morgan fingerprint density at radius 2 is 2.21 bits per heavy atom. The maximum absolute atomic E-state index is 11.9. The number of anilines is 1. The number of nitrogens with zero attached hydrogens (tertiary/aromatic N) is 1. The number of halogens is 2. The highest BCUT2D eigenvalue weighted by Crippen LogP contribution is 2.23. The third kappa shape index (κ3) is 2.72. The Balaban J connectivity index is 2.84. The van der Waals surface area contributed by atoms with Crippen molar-refractivity contribution >= 4 is 5.69 Å². The summed E-state index contributed by atoms with van der Waals surface area (Å²) in [6.07, 6.45) is 0. The highest BCUT2D eigenvalue weighted by atomic mass is 19.3. The third-order valence-corrected chi connectivity index (χ3v) is 1.36. The van der Waals surface area contributed by atoms with Crippen LogP contribution < -0.4 is 15.2 Å². The van der Waals surface area contributed by atoms with Crippen molar-refractivity contribution in [2.24, 2.45) is 0 Å². The molecule has 14 heavy (non-hydrogen) atoms. The SMILES string of the molecule is CCOc1ccc(N)c(OC(F)F)n1. The van der Waals surface area contributed by atoms with Crippen LogP contribution in [0.5, 0.6) is 11.8 Å². The average Bonchev–Trinajstić information content (AvgIpc) is 2.10. The molecule has 0 atom stereocenters. The quantitative estimate of drug-likeness (QED) is 0.810. The lowest BCUT2D eigenvalue weighted by Gasteiger charge is -2.08. The minimum absolute atomic E-state index is 0.0498. The Bertz CT molecular complexity index is 307. The molecular formula is C8H10F2N2O2. The van der Waals surface area contributed by atoms with E-state index in [1.165, 1.54) is 12.1 Å². The molecule has 1 heterocycles. The average molecular weight is 204 g/mol. The van der Waals surface area contributed by atoms with Crippen LogP contribution in [0.2, 0.25) is 0 Å². The number of hydrogen-bond acceptors (Lipinski definition) is 4. The molecule has 2 N–H and O–H groups in total. The summed E-state index contributed by atoms with van der Waals surface area (Å²) >= 11 is 0. The Hall–Kier alpha value is -1.59. The van der Waals surface area contributed by atoms with Crippen LogP contribution in [0.25, 0.3) is 0 Å². The zero-order chi connectivity index (χ0) is 10.6. The number of alkyl halides is 2. The molecule has 0 aliphatic heterocycles. The summed E-state index contributed by atoms with van der Waals surface area (Å²) < 4.78 is 32.8. The van der Waals surface area contributed by atoms with Crippen LogP contribution in [0.15, 0.2) is 12.1 Å². The lowest BCUT2D eigenvalue weighted by Crippen LogP contribution is -2.07. The molecule has 1 aromatic rings. The van der Waals surface area contributed by atoms with Gasteiger partial charge in [-0.25, -0.2) is 0 Å². The molecule has 6 heteroatoms. The Labute approximate surface area is 79.6 Å². The highest BCUT2D eigenvalue weighted by Gasteiger charge is 2.10. The van der Waals surface area contributed by atoms with E-state index in [0.717, 1.165) is 0 Å². The fourth-order valence-electron chi connectivity index (χ4n) is 0.841. The minimum Gasteiger partial charge on any atom is -0.478 e. The number of nitrogens with two attached hydrogens (primary N) is 1. The van der Waals surface area contributed by atoms with E-state index in [0.29, 0.717) is 6.61 Å². The van der Waals surface area contributed by atoms with Crippen molar-refractivity contribution in [1.82, 2.24) is 4.98 Å². The van der Waals surface area contributed by atoms with Gasteiger partial charge in [-0.1, -0.05) is 0 Å². The van der Waals surface area contributed by atoms with Gasteiger partial charge in [-0.05, 0) is 13.0 Å². The summed E-state index contributed by atoms with van der Waals surface area (Å²) in [5.74, 6) is -0.108. The van der Waals surface area contributed by atoms with Gasteiger partial charge in [0.15, 0.2) is 0 Å². The molecule has 0 amide bonds. The molecule has 0 bridgehead atoms. The fraction of sp³-hybridized carbons (Fsp3) is 0.375. The van der Waals surface area contributed by atoms with Gasteiger partial charge in [-0.3, -0.25) is 0 Å². The molecular weight excluding hydrogens is 194 g/mol. The van der Waals surface area contributed by atoms with Gasteiger partial charge in [0, 0.05) is 6.07 Å². The predicted octanol–water partition coefficient (Wildman–Crippen LogP) is 1.66. The first-order valence-electron chi connectivity index (χ1n) is 3.97. The second-order valence-corrected chi connectivity index (χ2v) is 2.36. The van der Waals surface area contributed by atoms with Crippen LogP contribution in [0.4, 0.5) is 14.5 Å². The van der Waals surface area contributed by atoms with Crippen molar-refractivity contribution in [3.63, 3.8) is 0 Å². The summed E-state index contributed by atoms with van der Waals surface area (Å²) in [7, 11) is 0. The van der Waals surface area contributed by atoms with Gasteiger partial charge in [-0.15, -0.1) is 0 Å². The van der Waals surface area contributed by atoms with E-state index >= 15 is 0 Å². The molecule has 0 fully saturated rings. The maximum Gasteiger partial charge on any atom is 0.388 e. The zero-order valence-electron chi connectivity index (χ0n) is 7.54. The molecule has 1 rings (SSSR count). The summed E-state index contributed by atoms with van der Waals surface area (Å²) in [5, 5.41) is 0. The van der Waals surface area contributed by atoms with E-state index in [1.54, 1.807) is 6.92 Å². The molecule has 0 saturated heterocycles. The number of aromatic nitrogens is 1. The van der Waals surface area contributed by atoms with Gasteiger partial charge in [0.1, 0.15) is 0 Å². The van der Waals surface area contributed by atoms with Crippen molar-refractivity contribution in [2.45, 2.75) is 13.5 Å². The Kier molecular flexibility index (Phi) is 3.44. The molecule has 1 aromatic heterocycles. The van der Waals surface area contributed by atoms with Gasteiger partial charge in [0.2, 0.25) is 11.8 Å². The molecule has 0 spiro atoms. The predicted molar refractivity (Wildman–Crippen MR) is 46.5 cm³/mol. The van der Waals surface area contributed by atoms with E-state index in [2.05, 4.69) is 9.72 Å². The van der Waals surface area contributed by atoms with Gasteiger partial charge in [-0.2, -0.15) is 13.8 Å². The lowest BCUT2D eigenvalue weighted by molar-refractivity contribution is -0.0525. The third-order valence-electron chi connectivity index (χ3n) is 1.36. The van der Waals surface area contributed by atoms with Gasteiger partial charge in [0.25, 0.3) is 0 Å². The summed E-state index contributed by atoms with van der Waals surface area (Å²) in [5.41, 5.74) is 5.41. The van der Waals surface area contributed by atoms with Crippen LogP contribution in [-0.4, -0.2) is 18.2 Å². The Morgan fingerprint density at radius 1 is 1.50 bits per heavy atom. The number of nitrogen functional groups attached to an aromatic ring is 1. The lowest BCUT2D eigenvalue weighted by atomic mass is 10.4. The molecule has 0 aliphatic rings. The first-order chi connectivity index (χ1) is 6.63. The zero-order valence-corrected chi connectivity index (χ0v) is 7.54. The second kappa shape index (κ2) is 4.59. The van der Waals surface area contributed by atoms with Crippen molar-refractivity contribution < 1.29 is 18.3 Å². The van der Waals surface area contributed by atoms with E-state index in [9.17, 15) is 8.78 Å².